The van der Waals surface area contributed by atoms with E-state index in [0.29, 0.717) is 47.7 Å². The molecule has 1 amide bonds. The van der Waals surface area contributed by atoms with Crippen LogP contribution in [0.5, 0.6) is 5.75 Å². The maximum atomic E-state index is 13.3. The van der Waals surface area contributed by atoms with E-state index in [0.717, 1.165) is 6.54 Å². The highest BCUT2D eigenvalue weighted by Crippen LogP contribution is 2.41. The first kappa shape index (κ1) is 26.7. The van der Waals surface area contributed by atoms with Crippen LogP contribution in [0.4, 0.5) is 0 Å². The molecule has 1 aliphatic heterocycles. The Kier molecular flexibility index (Phi) is 8.37. The van der Waals surface area contributed by atoms with Gasteiger partial charge in [0.25, 0.3) is 11.7 Å². The van der Waals surface area contributed by atoms with Gasteiger partial charge in [-0.15, -0.1) is 0 Å². The predicted molar refractivity (Wildman–Crippen MR) is 136 cm³/mol. The fraction of sp³-hybridized carbons (Fsp3) is 0.370. The lowest BCUT2D eigenvalue weighted by molar-refractivity contribution is -0.139. The number of aliphatic hydroxyl groups excluding tert-OH is 1. The number of methoxy groups -OCH3 is 1. The standard InChI is InChI=1S/C27H33N3O6/c1-7-15-36-19-11-9-18(10-12-19)23-21(25(32)26(33)30(23)14-8-13-29(4)5)24(31)20-16(2)22(27(34)35-6)28-17(20)3/h7,9-12,23,28,31H,1,8,13-15H2,2-6H3/t23-/m0/s1. The van der Waals surface area contributed by atoms with E-state index in [9.17, 15) is 19.5 Å². The van der Waals surface area contributed by atoms with Gasteiger partial charge in [-0.1, -0.05) is 24.8 Å². The monoisotopic (exact) mass is 495 g/mol. The molecule has 0 bridgehead atoms. The molecule has 2 heterocycles. The lowest BCUT2D eigenvalue weighted by Gasteiger charge is -2.26. The van der Waals surface area contributed by atoms with Crippen LogP contribution < -0.4 is 4.74 Å². The van der Waals surface area contributed by atoms with Crippen molar-refractivity contribution in [2.24, 2.45) is 0 Å². The van der Waals surface area contributed by atoms with Crippen LogP contribution in [0.1, 0.15) is 45.3 Å². The highest BCUT2D eigenvalue weighted by Gasteiger charge is 2.46. The van der Waals surface area contributed by atoms with Gasteiger partial charge < -0.3 is 29.4 Å². The number of nitrogens with one attached hydrogen (secondary N) is 1. The summed E-state index contributed by atoms with van der Waals surface area (Å²) in [4.78, 5) is 45.0. The third kappa shape index (κ3) is 5.21. The first-order chi connectivity index (χ1) is 17.1. The number of nitrogens with zero attached hydrogens (tertiary/aromatic N) is 2. The minimum atomic E-state index is -0.795. The summed E-state index contributed by atoms with van der Waals surface area (Å²) in [7, 11) is 5.13. The lowest BCUT2D eigenvalue weighted by Crippen LogP contribution is -2.32. The van der Waals surface area contributed by atoms with Crippen molar-refractivity contribution >= 4 is 23.4 Å². The Morgan fingerprint density at radius 3 is 2.47 bits per heavy atom. The molecule has 0 radical (unpaired) electrons. The topological polar surface area (TPSA) is 112 Å². The first-order valence-electron chi connectivity index (χ1n) is 11.7. The van der Waals surface area contributed by atoms with Crippen molar-refractivity contribution in [1.82, 2.24) is 14.8 Å². The molecule has 9 heteroatoms. The number of aromatic amines is 1. The van der Waals surface area contributed by atoms with Crippen LogP contribution in [-0.4, -0.2) is 78.5 Å². The van der Waals surface area contributed by atoms with Gasteiger partial charge in [0.15, 0.2) is 0 Å². The Bertz CT molecular complexity index is 1190. The van der Waals surface area contributed by atoms with E-state index in [-0.39, 0.29) is 17.0 Å². The van der Waals surface area contributed by atoms with Gasteiger partial charge in [0.2, 0.25) is 0 Å². The smallest absolute Gasteiger partial charge is 0.354 e. The first-order valence-corrected chi connectivity index (χ1v) is 11.7. The highest BCUT2D eigenvalue weighted by molar-refractivity contribution is 6.46. The minimum absolute atomic E-state index is 0.0220. The van der Waals surface area contributed by atoms with E-state index < -0.39 is 23.7 Å². The molecule has 1 aromatic carbocycles. The van der Waals surface area contributed by atoms with Gasteiger partial charge in [-0.05, 0) is 64.2 Å². The fourth-order valence-corrected chi connectivity index (χ4v) is 4.46. The normalized spacial score (nSPS) is 17.1. The summed E-state index contributed by atoms with van der Waals surface area (Å²) in [5.74, 6) is -1.75. The number of aryl methyl sites for hydroxylation is 1. The number of likely N-dealkylation sites (tertiary alicyclic amines) is 1. The van der Waals surface area contributed by atoms with Crippen molar-refractivity contribution in [2.75, 3.05) is 40.9 Å². The van der Waals surface area contributed by atoms with E-state index in [1.54, 1.807) is 44.2 Å². The summed E-state index contributed by atoms with van der Waals surface area (Å²) in [6, 6.07) is 6.26. The zero-order valence-corrected chi connectivity index (χ0v) is 21.4. The molecule has 1 fully saturated rings. The zero-order chi connectivity index (χ0) is 26.6. The molecular formula is C27H33N3O6. The number of esters is 1. The summed E-state index contributed by atoms with van der Waals surface area (Å²) in [5, 5.41) is 11.4. The molecule has 2 N–H and O–H groups in total. The van der Waals surface area contributed by atoms with E-state index >= 15 is 0 Å². The summed E-state index contributed by atoms with van der Waals surface area (Å²) in [5.41, 5.74) is 2.03. The molecule has 0 unspecified atom stereocenters. The number of benzene rings is 1. The average Bonchev–Trinajstić information content (AvgIpc) is 3.29. The van der Waals surface area contributed by atoms with E-state index in [2.05, 4.69) is 11.6 Å². The number of hydrogen-bond donors (Lipinski definition) is 2. The van der Waals surface area contributed by atoms with E-state index in [1.165, 1.54) is 12.0 Å². The molecule has 1 saturated heterocycles. The van der Waals surface area contributed by atoms with Crippen LogP contribution in [0.25, 0.3) is 5.76 Å². The maximum absolute atomic E-state index is 13.3. The zero-order valence-electron chi connectivity index (χ0n) is 21.4. The summed E-state index contributed by atoms with van der Waals surface area (Å²) < 4.78 is 10.4. The molecule has 3 rings (SSSR count). The number of aliphatic hydroxyl groups is 1. The molecule has 1 aliphatic rings. The summed E-state index contributed by atoms with van der Waals surface area (Å²) in [6.45, 7) is 8.37. The molecule has 1 atom stereocenters. The van der Waals surface area contributed by atoms with Gasteiger partial charge in [-0.3, -0.25) is 9.59 Å². The molecular weight excluding hydrogens is 462 g/mol. The van der Waals surface area contributed by atoms with Crippen LogP contribution in [-0.2, 0) is 14.3 Å². The van der Waals surface area contributed by atoms with Gasteiger partial charge in [0, 0.05) is 17.8 Å². The lowest BCUT2D eigenvalue weighted by atomic mass is 9.94. The van der Waals surface area contributed by atoms with Crippen molar-refractivity contribution in [1.29, 1.82) is 0 Å². The number of Topliss-reactive ketones (excluding diaryl/α,β-unsaturated/α-hetero) is 1. The molecule has 0 saturated carbocycles. The number of H-pyrrole nitrogens is 1. The van der Waals surface area contributed by atoms with E-state index in [4.69, 9.17) is 9.47 Å². The molecule has 36 heavy (non-hydrogen) atoms. The molecule has 9 nitrogen and oxygen atoms in total. The molecule has 0 spiro atoms. The predicted octanol–water partition coefficient (Wildman–Crippen LogP) is 3.36. The number of ketones is 1. The Balaban J connectivity index is 2.14. The maximum Gasteiger partial charge on any atom is 0.354 e. The molecule has 192 valence electrons. The van der Waals surface area contributed by atoms with Crippen molar-refractivity contribution in [3.05, 3.63) is 70.6 Å². The van der Waals surface area contributed by atoms with Crippen molar-refractivity contribution < 1.29 is 29.0 Å². The number of amides is 1. The Labute approximate surface area is 211 Å². The van der Waals surface area contributed by atoms with Gasteiger partial charge in [-0.25, -0.2) is 4.79 Å². The third-order valence-corrected chi connectivity index (χ3v) is 6.17. The Morgan fingerprint density at radius 2 is 1.89 bits per heavy atom. The van der Waals surface area contributed by atoms with Gasteiger partial charge in [0.05, 0.1) is 18.7 Å². The number of rotatable bonds is 10. The molecule has 1 aromatic heterocycles. The van der Waals surface area contributed by atoms with Gasteiger partial charge in [0.1, 0.15) is 23.8 Å². The van der Waals surface area contributed by atoms with Crippen molar-refractivity contribution in [3.63, 3.8) is 0 Å². The number of ether oxygens (including phenoxy) is 2. The second-order valence-electron chi connectivity index (χ2n) is 8.93. The number of carbonyl (C=O) groups excluding carboxylic acids is 3. The Morgan fingerprint density at radius 1 is 1.22 bits per heavy atom. The minimum Gasteiger partial charge on any atom is -0.507 e. The van der Waals surface area contributed by atoms with Crippen LogP contribution in [0.15, 0.2) is 42.5 Å². The van der Waals surface area contributed by atoms with Gasteiger partial charge >= 0.3 is 5.97 Å². The molecule has 2 aromatic rings. The average molecular weight is 496 g/mol. The Hall–Kier alpha value is -3.85. The summed E-state index contributed by atoms with van der Waals surface area (Å²) in [6.07, 6.45) is 2.28. The quantitative estimate of drug-likeness (QED) is 0.171. The van der Waals surface area contributed by atoms with Crippen LogP contribution in [0.2, 0.25) is 0 Å². The largest absolute Gasteiger partial charge is 0.507 e. The van der Waals surface area contributed by atoms with Crippen molar-refractivity contribution in [2.45, 2.75) is 26.3 Å². The van der Waals surface area contributed by atoms with Gasteiger partial charge in [-0.2, -0.15) is 0 Å². The molecule has 0 aliphatic carbocycles. The van der Waals surface area contributed by atoms with E-state index in [1.807, 2.05) is 19.0 Å². The van der Waals surface area contributed by atoms with Crippen LogP contribution >= 0.6 is 0 Å². The number of aromatic nitrogens is 1. The second-order valence-corrected chi connectivity index (χ2v) is 8.93. The number of carbonyl (C=O) groups is 3. The summed E-state index contributed by atoms with van der Waals surface area (Å²) >= 11 is 0. The second kappa shape index (κ2) is 11.3. The third-order valence-electron chi connectivity index (χ3n) is 6.17. The SMILES string of the molecule is C=CCOc1ccc([C@H]2C(=C(O)c3c(C)[nH]c(C(=O)OC)c3C)C(=O)C(=O)N2CCCN(C)C)cc1. The fourth-order valence-electron chi connectivity index (χ4n) is 4.46. The highest BCUT2D eigenvalue weighted by atomic mass is 16.5. The number of hydrogen-bond acceptors (Lipinski definition) is 7. The van der Waals surface area contributed by atoms with Crippen molar-refractivity contribution in [3.8, 4) is 5.75 Å². The van der Waals surface area contributed by atoms with Crippen LogP contribution in [0, 0.1) is 13.8 Å². The van der Waals surface area contributed by atoms with Crippen LogP contribution in [0.3, 0.4) is 0 Å².